The van der Waals surface area contributed by atoms with Gasteiger partial charge in [0.25, 0.3) is 0 Å². The number of benzene rings is 1. The number of anilines is 3. The average molecular weight is 504 g/mol. The first kappa shape index (κ1) is 24.3. The van der Waals surface area contributed by atoms with Crippen molar-refractivity contribution in [3.63, 3.8) is 0 Å². The van der Waals surface area contributed by atoms with Crippen LogP contribution in [0, 0.1) is 6.92 Å². The Hall–Kier alpha value is -2.83. The molecule has 182 valence electrons. The molecule has 0 aliphatic carbocycles. The van der Waals surface area contributed by atoms with Crippen molar-refractivity contribution in [1.29, 1.82) is 0 Å². The van der Waals surface area contributed by atoms with Crippen molar-refractivity contribution in [2.24, 2.45) is 0 Å². The zero-order valence-corrected chi connectivity index (χ0v) is 21.3. The lowest BCUT2D eigenvalue weighted by atomic mass is 10.3. The van der Waals surface area contributed by atoms with Crippen LogP contribution in [0.1, 0.15) is 12.6 Å². The van der Waals surface area contributed by atoms with Crippen molar-refractivity contribution in [3.05, 3.63) is 36.0 Å². The number of hydrogen-bond acceptors (Lipinski definition) is 10. The van der Waals surface area contributed by atoms with Crippen molar-refractivity contribution in [2.45, 2.75) is 28.8 Å². The first-order chi connectivity index (χ1) is 16.3. The molecular weight excluding hydrogens is 474 g/mol. The molecule has 0 spiro atoms. The van der Waals surface area contributed by atoms with E-state index in [0.29, 0.717) is 33.3 Å². The van der Waals surface area contributed by atoms with Gasteiger partial charge in [0.2, 0.25) is 5.75 Å². The Morgan fingerprint density at radius 3 is 2.44 bits per heavy atom. The molecule has 1 saturated heterocycles. The first-order valence-electron chi connectivity index (χ1n) is 11.0. The number of hydrogen-bond donors (Lipinski definition) is 2. The second-order valence-electron chi connectivity index (χ2n) is 8.04. The lowest BCUT2D eigenvalue weighted by Gasteiger charge is -2.34. The summed E-state index contributed by atoms with van der Waals surface area (Å²) in [5.74, 6) is 2.48. The summed E-state index contributed by atoms with van der Waals surface area (Å²) in [6.45, 7) is 7.04. The van der Waals surface area contributed by atoms with Crippen molar-refractivity contribution in [3.8, 4) is 5.75 Å². The average Bonchev–Trinajstić information content (AvgIpc) is 3.24. The van der Waals surface area contributed by atoms with E-state index >= 15 is 0 Å². The lowest BCUT2D eigenvalue weighted by molar-refractivity contribution is 0.309. The maximum atomic E-state index is 12.1. The predicted molar refractivity (Wildman–Crippen MR) is 133 cm³/mol. The van der Waals surface area contributed by atoms with E-state index in [1.54, 1.807) is 38.3 Å². The van der Waals surface area contributed by atoms with Gasteiger partial charge in [0.1, 0.15) is 0 Å². The van der Waals surface area contributed by atoms with Crippen LogP contribution in [0.4, 0.5) is 17.5 Å². The SMILES string of the molecule is CCS(=O)(=O)c1ccc(Sc2nc(Nc3cc(C)[nH]n3)c(OC)c(N3CCN(C)CC3)n2)cc1. The molecule has 1 aromatic carbocycles. The van der Waals surface area contributed by atoms with E-state index in [4.69, 9.17) is 14.7 Å². The highest BCUT2D eigenvalue weighted by Crippen LogP contribution is 2.38. The van der Waals surface area contributed by atoms with Crippen LogP contribution in [-0.2, 0) is 9.84 Å². The number of ether oxygens (including phenoxy) is 1. The number of piperazine rings is 1. The minimum absolute atomic E-state index is 0.0666. The molecule has 12 heteroatoms. The molecule has 0 amide bonds. The van der Waals surface area contributed by atoms with E-state index in [1.807, 2.05) is 13.0 Å². The first-order valence-corrected chi connectivity index (χ1v) is 13.4. The molecule has 0 bridgehead atoms. The zero-order chi connectivity index (χ0) is 24.3. The number of aromatic amines is 1. The maximum Gasteiger partial charge on any atom is 0.204 e. The van der Waals surface area contributed by atoms with Crippen molar-refractivity contribution in [2.75, 3.05) is 56.3 Å². The Morgan fingerprint density at radius 1 is 1.15 bits per heavy atom. The standard InChI is InChI=1S/C22H29N7O3S2/c1-5-34(30,31)17-8-6-16(7-9-17)33-22-24-20(23-18-14-15(2)26-27-18)19(32-4)21(25-22)29-12-10-28(3)11-13-29/h6-9,14H,5,10-13H2,1-4H3,(H2,23,24,25,26,27). The molecule has 2 N–H and O–H groups in total. The van der Waals surface area contributed by atoms with Crippen LogP contribution in [-0.4, -0.2) is 79.6 Å². The van der Waals surface area contributed by atoms with Gasteiger partial charge in [0, 0.05) is 42.8 Å². The number of likely N-dealkylation sites (N-methyl/N-ethyl adjacent to an activating group) is 1. The summed E-state index contributed by atoms with van der Waals surface area (Å²) in [6.07, 6.45) is 0. The smallest absolute Gasteiger partial charge is 0.204 e. The third-order valence-corrected chi connectivity index (χ3v) is 8.18. The van der Waals surface area contributed by atoms with Gasteiger partial charge in [0.05, 0.1) is 17.8 Å². The van der Waals surface area contributed by atoms with Crippen LogP contribution in [0.3, 0.4) is 0 Å². The number of rotatable bonds is 8. The molecular formula is C22H29N7O3S2. The normalized spacial score (nSPS) is 14.9. The summed E-state index contributed by atoms with van der Waals surface area (Å²) >= 11 is 1.36. The van der Waals surface area contributed by atoms with Gasteiger partial charge in [-0.15, -0.1) is 0 Å². The van der Waals surface area contributed by atoms with E-state index in [-0.39, 0.29) is 5.75 Å². The highest BCUT2D eigenvalue weighted by Gasteiger charge is 2.24. The van der Waals surface area contributed by atoms with Crippen molar-refractivity contribution >= 4 is 39.1 Å². The van der Waals surface area contributed by atoms with Crippen LogP contribution in [0.25, 0.3) is 0 Å². The highest BCUT2D eigenvalue weighted by molar-refractivity contribution is 7.99. The van der Waals surface area contributed by atoms with E-state index in [9.17, 15) is 8.42 Å². The minimum Gasteiger partial charge on any atom is -0.490 e. The Balaban J connectivity index is 1.69. The highest BCUT2D eigenvalue weighted by atomic mass is 32.2. The Labute approximate surface area is 204 Å². The Morgan fingerprint density at radius 2 is 1.85 bits per heavy atom. The Kier molecular flexibility index (Phi) is 7.29. The fourth-order valence-corrected chi connectivity index (χ4v) is 5.20. The number of aromatic nitrogens is 4. The van der Waals surface area contributed by atoms with Crippen LogP contribution in [0.5, 0.6) is 5.75 Å². The zero-order valence-electron chi connectivity index (χ0n) is 19.7. The molecule has 4 rings (SSSR count). The number of H-pyrrole nitrogens is 1. The van der Waals surface area contributed by atoms with E-state index in [1.165, 1.54) is 11.8 Å². The summed E-state index contributed by atoms with van der Waals surface area (Å²) in [7, 11) is 0.463. The van der Waals surface area contributed by atoms with Gasteiger partial charge in [-0.05, 0) is 50.0 Å². The molecule has 0 saturated carbocycles. The second kappa shape index (κ2) is 10.2. The predicted octanol–water partition coefficient (Wildman–Crippen LogP) is 2.96. The van der Waals surface area contributed by atoms with E-state index < -0.39 is 9.84 Å². The number of sulfone groups is 1. The van der Waals surface area contributed by atoms with Crippen LogP contribution in [0.15, 0.2) is 45.3 Å². The maximum absolute atomic E-state index is 12.1. The number of nitrogens with one attached hydrogen (secondary N) is 2. The van der Waals surface area contributed by atoms with Gasteiger partial charge in [0.15, 0.2) is 32.4 Å². The summed E-state index contributed by atoms with van der Waals surface area (Å²) in [4.78, 5) is 15.2. The topological polar surface area (TPSA) is 116 Å². The van der Waals surface area contributed by atoms with Gasteiger partial charge in [-0.3, -0.25) is 5.10 Å². The molecule has 1 fully saturated rings. The fraction of sp³-hybridized carbons (Fsp3) is 0.409. The minimum atomic E-state index is -3.25. The van der Waals surface area contributed by atoms with Crippen molar-refractivity contribution in [1.82, 2.24) is 25.1 Å². The summed E-state index contributed by atoms with van der Waals surface area (Å²) < 4.78 is 30.0. The van der Waals surface area contributed by atoms with Gasteiger partial charge >= 0.3 is 0 Å². The van der Waals surface area contributed by atoms with E-state index in [0.717, 1.165) is 36.8 Å². The lowest BCUT2D eigenvalue weighted by Crippen LogP contribution is -2.45. The van der Waals surface area contributed by atoms with Gasteiger partial charge in [-0.25, -0.2) is 18.4 Å². The molecule has 0 unspecified atom stereocenters. The third kappa shape index (κ3) is 5.45. The molecule has 34 heavy (non-hydrogen) atoms. The quantitative estimate of drug-likeness (QED) is 0.444. The van der Waals surface area contributed by atoms with E-state index in [2.05, 4.69) is 32.4 Å². The van der Waals surface area contributed by atoms with Crippen LogP contribution in [0.2, 0.25) is 0 Å². The molecule has 2 aromatic heterocycles. The summed E-state index contributed by atoms with van der Waals surface area (Å²) in [6, 6.07) is 8.69. The molecule has 0 radical (unpaired) electrons. The van der Waals surface area contributed by atoms with Gasteiger partial charge < -0.3 is 19.9 Å². The molecule has 1 aliphatic heterocycles. The number of methoxy groups -OCH3 is 1. The monoisotopic (exact) mass is 503 g/mol. The molecule has 1 aliphatic rings. The molecule has 3 heterocycles. The Bertz CT molecular complexity index is 1240. The summed E-state index contributed by atoms with van der Waals surface area (Å²) in [5.41, 5.74) is 0.923. The number of nitrogens with zero attached hydrogens (tertiary/aromatic N) is 5. The van der Waals surface area contributed by atoms with Crippen LogP contribution >= 0.6 is 11.8 Å². The second-order valence-corrected chi connectivity index (χ2v) is 11.4. The van der Waals surface area contributed by atoms with Crippen molar-refractivity contribution < 1.29 is 13.2 Å². The molecule has 10 nitrogen and oxygen atoms in total. The van der Waals surface area contributed by atoms with Gasteiger partial charge in [-0.1, -0.05) is 6.92 Å². The fourth-order valence-electron chi connectivity index (χ4n) is 3.56. The van der Waals surface area contributed by atoms with Gasteiger partial charge in [-0.2, -0.15) is 5.10 Å². The van der Waals surface area contributed by atoms with Crippen LogP contribution < -0.4 is 15.0 Å². The molecule has 3 aromatic rings. The summed E-state index contributed by atoms with van der Waals surface area (Å²) in [5, 5.41) is 10.9. The molecule has 0 atom stereocenters. The largest absolute Gasteiger partial charge is 0.490 e. The third-order valence-electron chi connectivity index (χ3n) is 5.56. The number of aryl methyl sites for hydroxylation is 1.